The van der Waals surface area contributed by atoms with Crippen molar-refractivity contribution < 1.29 is 9.26 Å². The predicted molar refractivity (Wildman–Crippen MR) is 103 cm³/mol. The number of methoxy groups -OCH3 is 1. The van der Waals surface area contributed by atoms with Crippen LogP contribution in [0.3, 0.4) is 0 Å². The first-order valence-corrected chi connectivity index (χ1v) is 9.64. The summed E-state index contributed by atoms with van der Waals surface area (Å²) in [6.45, 7) is 4.05. The Kier molecular flexibility index (Phi) is 5.25. The fourth-order valence-corrected chi connectivity index (χ4v) is 3.88. The van der Waals surface area contributed by atoms with E-state index in [1.165, 1.54) is 12.0 Å². The van der Waals surface area contributed by atoms with Crippen LogP contribution in [0.4, 0.5) is 0 Å². The summed E-state index contributed by atoms with van der Waals surface area (Å²) < 4.78 is 10.9. The monoisotopic (exact) mass is 366 g/mol. The van der Waals surface area contributed by atoms with Gasteiger partial charge >= 0.3 is 0 Å². The molecule has 1 fully saturated rings. The fourth-order valence-electron chi connectivity index (χ4n) is 3.88. The van der Waals surface area contributed by atoms with Crippen molar-refractivity contribution in [3.63, 3.8) is 0 Å². The molecule has 1 atom stereocenters. The zero-order valence-corrected chi connectivity index (χ0v) is 15.9. The molecule has 0 saturated carbocycles. The van der Waals surface area contributed by atoms with Gasteiger partial charge in [-0.05, 0) is 37.9 Å². The Bertz CT molecular complexity index is 886. The predicted octanol–water partition coefficient (Wildman–Crippen LogP) is 4.36. The second kappa shape index (κ2) is 7.96. The second-order valence-electron chi connectivity index (χ2n) is 7.10. The first kappa shape index (κ1) is 17.8. The number of benzene rings is 1. The Hall–Kier alpha value is -2.60. The first-order chi connectivity index (χ1) is 13.3. The maximum atomic E-state index is 5.51. The molecule has 142 valence electrons. The van der Waals surface area contributed by atoms with E-state index in [0.29, 0.717) is 6.04 Å². The zero-order valence-electron chi connectivity index (χ0n) is 15.9. The zero-order chi connectivity index (χ0) is 18.6. The number of rotatable bonds is 7. The summed E-state index contributed by atoms with van der Waals surface area (Å²) in [6.07, 6.45) is 6.23. The van der Waals surface area contributed by atoms with Gasteiger partial charge in [-0.25, -0.2) is 0 Å². The molecule has 1 N–H and O–H groups in total. The molecule has 3 aromatic rings. The molecule has 1 aromatic carbocycles. The van der Waals surface area contributed by atoms with Gasteiger partial charge < -0.3 is 9.26 Å². The number of aromatic nitrogens is 3. The van der Waals surface area contributed by atoms with Gasteiger partial charge in [-0.3, -0.25) is 10.00 Å². The maximum absolute atomic E-state index is 5.51. The van der Waals surface area contributed by atoms with E-state index < -0.39 is 0 Å². The van der Waals surface area contributed by atoms with Gasteiger partial charge in [0.25, 0.3) is 0 Å². The van der Waals surface area contributed by atoms with Crippen LogP contribution in [0.15, 0.2) is 41.1 Å². The van der Waals surface area contributed by atoms with E-state index in [9.17, 15) is 0 Å². The second-order valence-corrected chi connectivity index (χ2v) is 7.10. The molecule has 0 spiro atoms. The highest BCUT2D eigenvalue weighted by molar-refractivity contribution is 5.64. The molecule has 0 aliphatic carbocycles. The lowest BCUT2D eigenvalue weighted by Gasteiger charge is -2.22. The lowest BCUT2D eigenvalue weighted by molar-refractivity contribution is 0.236. The summed E-state index contributed by atoms with van der Waals surface area (Å²) in [5.41, 5.74) is 4.38. The van der Waals surface area contributed by atoms with Gasteiger partial charge in [0.1, 0.15) is 17.2 Å². The van der Waals surface area contributed by atoms with Crippen LogP contribution >= 0.6 is 0 Å². The van der Waals surface area contributed by atoms with Crippen molar-refractivity contribution in [3.05, 3.63) is 53.5 Å². The molecule has 1 unspecified atom stereocenters. The van der Waals surface area contributed by atoms with E-state index >= 15 is 0 Å². The smallest absolute Gasteiger partial charge is 0.137 e. The Morgan fingerprint density at radius 1 is 1.33 bits per heavy atom. The summed E-state index contributed by atoms with van der Waals surface area (Å²) in [4.78, 5) is 2.47. The van der Waals surface area contributed by atoms with E-state index in [0.717, 1.165) is 60.8 Å². The van der Waals surface area contributed by atoms with Crippen molar-refractivity contribution in [3.8, 4) is 17.0 Å². The Balaban J connectivity index is 1.54. The number of likely N-dealkylation sites (tertiary alicyclic amines) is 1. The van der Waals surface area contributed by atoms with E-state index in [-0.39, 0.29) is 0 Å². The molecular weight excluding hydrogens is 340 g/mol. The third-order valence-electron chi connectivity index (χ3n) is 5.23. The molecule has 4 rings (SSSR count). The molecule has 6 nitrogen and oxygen atoms in total. The number of nitrogens with one attached hydrogen (secondary N) is 1. The molecule has 0 radical (unpaired) electrons. The molecule has 0 bridgehead atoms. The van der Waals surface area contributed by atoms with Crippen molar-refractivity contribution >= 4 is 0 Å². The van der Waals surface area contributed by atoms with Crippen LogP contribution in [0.25, 0.3) is 11.3 Å². The normalized spacial score (nSPS) is 17.5. The average molecular weight is 366 g/mol. The van der Waals surface area contributed by atoms with E-state index in [1.54, 1.807) is 7.11 Å². The minimum atomic E-state index is 0.312. The largest absolute Gasteiger partial charge is 0.497 e. The van der Waals surface area contributed by atoms with Crippen LogP contribution in [0.2, 0.25) is 0 Å². The van der Waals surface area contributed by atoms with Gasteiger partial charge in [0, 0.05) is 30.2 Å². The molecular formula is C21H26N4O2. The van der Waals surface area contributed by atoms with Crippen LogP contribution in [0.5, 0.6) is 5.75 Å². The van der Waals surface area contributed by atoms with Gasteiger partial charge in [0.2, 0.25) is 0 Å². The lowest BCUT2D eigenvalue weighted by Crippen LogP contribution is -2.23. The van der Waals surface area contributed by atoms with Crippen LogP contribution < -0.4 is 4.74 Å². The van der Waals surface area contributed by atoms with Gasteiger partial charge in [-0.15, -0.1) is 0 Å². The summed E-state index contributed by atoms with van der Waals surface area (Å²) in [7, 11) is 1.69. The van der Waals surface area contributed by atoms with Gasteiger partial charge in [-0.2, -0.15) is 5.10 Å². The number of hydrogen-bond donors (Lipinski definition) is 1. The molecule has 27 heavy (non-hydrogen) atoms. The summed E-state index contributed by atoms with van der Waals surface area (Å²) in [5.74, 6) is 1.83. The summed E-state index contributed by atoms with van der Waals surface area (Å²) in [5, 5.41) is 11.8. The SMILES string of the molecule is CCCc1cc(C2CCCN2Cc2cn[nH]c2-c2cccc(OC)c2)no1. The summed E-state index contributed by atoms with van der Waals surface area (Å²) in [6, 6.07) is 10.5. The molecule has 3 heterocycles. The van der Waals surface area contributed by atoms with Crippen LogP contribution in [-0.4, -0.2) is 33.9 Å². The molecule has 1 saturated heterocycles. The molecule has 0 amide bonds. The quantitative estimate of drug-likeness (QED) is 0.673. The third kappa shape index (κ3) is 3.76. The molecule has 1 aliphatic rings. The Morgan fingerprint density at radius 3 is 3.11 bits per heavy atom. The highest BCUT2D eigenvalue weighted by atomic mass is 16.5. The van der Waals surface area contributed by atoms with E-state index in [2.05, 4.69) is 39.3 Å². The molecule has 2 aromatic heterocycles. The van der Waals surface area contributed by atoms with Crippen LogP contribution in [0.1, 0.15) is 49.2 Å². The van der Waals surface area contributed by atoms with E-state index in [4.69, 9.17) is 9.26 Å². The number of hydrogen-bond acceptors (Lipinski definition) is 5. The number of aromatic amines is 1. The summed E-state index contributed by atoms with van der Waals surface area (Å²) >= 11 is 0. The first-order valence-electron chi connectivity index (χ1n) is 9.64. The van der Waals surface area contributed by atoms with Crippen molar-refractivity contribution in [2.45, 2.75) is 45.2 Å². The Labute approximate surface area is 159 Å². The van der Waals surface area contributed by atoms with Gasteiger partial charge in [0.15, 0.2) is 0 Å². The fraction of sp³-hybridized carbons (Fsp3) is 0.429. The number of ether oxygens (including phenoxy) is 1. The van der Waals surface area contributed by atoms with Gasteiger partial charge in [-0.1, -0.05) is 24.2 Å². The minimum absolute atomic E-state index is 0.312. The van der Waals surface area contributed by atoms with E-state index in [1.807, 2.05) is 24.4 Å². The average Bonchev–Trinajstić information content (AvgIpc) is 3.43. The van der Waals surface area contributed by atoms with Crippen molar-refractivity contribution in [1.82, 2.24) is 20.3 Å². The minimum Gasteiger partial charge on any atom is -0.497 e. The molecule has 1 aliphatic heterocycles. The molecule has 6 heteroatoms. The van der Waals surface area contributed by atoms with Crippen molar-refractivity contribution in [1.29, 1.82) is 0 Å². The third-order valence-corrected chi connectivity index (χ3v) is 5.23. The highest BCUT2D eigenvalue weighted by Crippen LogP contribution is 2.34. The highest BCUT2D eigenvalue weighted by Gasteiger charge is 2.29. The van der Waals surface area contributed by atoms with Crippen LogP contribution in [-0.2, 0) is 13.0 Å². The lowest BCUT2D eigenvalue weighted by atomic mass is 10.1. The van der Waals surface area contributed by atoms with Gasteiger partial charge in [0.05, 0.1) is 25.0 Å². The van der Waals surface area contributed by atoms with Crippen molar-refractivity contribution in [2.24, 2.45) is 0 Å². The van der Waals surface area contributed by atoms with Crippen molar-refractivity contribution in [2.75, 3.05) is 13.7 Å². The standard InChI is InChI=1S/C21H26N4O2/c1-3-6-18-12-19(24-27-18)20-9-5-10-25(20)14-16-13-22-23-21(16)15-7-4-8-17(11-15)26-2/h4,7-8,11-13,20H,3,5-6,9-10,14H2,1-2H3,(H,22,23). The number of nitrogens with zero attached hydrogens (tertiary/aromatic N) is 3. The number of H-pyrrole nitrogens is 1. The topological polar surface area (TPSA) is 67.2 Å². The van der Waals surface area contributed by atoms with Crippen LogP contribution in [0, 0.1) is 0 Å². The Morgan fingerprint density at radius 2 is 2.26 bits per heavy atom. The maximum Gasteiger partial charge on any atom is 0.137 e. The number of aryl methyl sites for hydroxylation is 1.